The molecule has 2 aromatic rings. The van der Waals surface area contributed by atoms with E-state index in [9.17, 15) is 27.6 Å². The number of alkyl halides is 3. The second-order valence-corrected chi connectivity index (χ2v) is 8.95. The fraction of sp³-hybridized carbons (Fsp3) is 0.423. The second kappa shape index (κ2) is 13.1. The average Bonchev–Trinajstić information content (AvgIpc) is 3.62. The molecule has 2 aliphatic rings. The molecular formula is C26H29F3N4O6. The fourth-order valence-corrected chi connectivity index (χ4v) is 4.49. The van der Waals surface area contributed by atoms with Crippen LogP contribution in [0.15, 0.2) is 48.8 Å². The lowest BCUT2D eigenvalue weighted by Gasteiger charge is -2.31. The Morgan fingerprint density at radius 2 is 1.64 bits per heavy atom. The number of carbonyl (C=O) groups is 4. The van der Waals surface area contributed by atoms with Crippen molar-refractivity contribution in [3.63, 3.8) is 0 Å². The van der Waals surface area contributed by atoms with E-state index in [-0.39, 0.29) is 17.7 Å². The maximum atomic E-state index is 13.4. The van der Waals surface area contributed by atoms with Gasteiger partial charge in [-0.05, 0) is 61.6 Å². The first-order chi connectivity index (χ1) is 18.5. The highest BCUT2D eigenvalue weighted by molar-refractivity contribution is 5.99. The number of pyridine rings is 1. The number of halogens is 3. The van der Waals surface area contributed by atoms with Crippen molar-refractivity contribution < 1.29 is 42.2 Å². The fourth-order valence-electron chi connectivity index (χ4n) is 4.49. The van der Waals surface area contributed by atoms with E-state index in [1.54, 1.807) is 53.6 Å². The molecule has 13 heteroatoms. The van der Waals surface area contributed by atoms with Crippen molar-refractivity contribution in [3.8, 4) is 5.75 Å². The molecule has 1 aromatic heterocycles. The normalized spacial score (nSPS) is 18.7. The summed E-state index contributed by atoms with van der Waals surface area (Å²) in [5.41, 5.74) is 1.45. The van der Waals surface area contributed by atoms with Crippen LogP contribution in [-0.4, -0.2) is 82.0 Å². The number of hydrogen-bond donors (Lipinski definition) is 2. The molecule has 2 aliphatic heterocycles. The molecule has 3 heterocycles. The highest BCUT2D eigenvalue weighted by Gasteiger charge is 2.42. The summed E-state index contributed by atoms with van der Waals surface area (Å²) < 4.78 is 37.0. The van der Waals surface area contributed by atoms with Crippen molar-refractivity contribution in [3.05, 3.63) is 59.9 Å². The number of methoxy groups -OCH3 is 1. The summed E-state index contributed by atoms with van der Waals surface area (Å²) in [4.78, 5) is 55.6. The summed E-state index contributed by atoms with van der Waals surface area (Å²) in [7, 11) is 1.55. The molecule has 2 N–H and O–H groups in total. The molecule has 210 valence electrons. The van der Waals surface area contributed by atoms with E-state index < -0.39 is 24.2 Å². The molecule has 2 fully saturated rings. The number of carboxylic acid groups (broad SMARTS) is 1. The Labute approximate surface area is 222 Å². The summed E-state index contributed by atoms with van der Waals surface area (Å²) in [6, 6.07) is 9.62. The number of likely N-dealkylation sites (tertiary alicyclic amines) is 2. The SMILES string of the molecule is COc1cccc(C(=O)N2CCC[C@@H]2C(=O)N2CCC[C@H]2C(=O)NCc2ccncc2)c1.O=C(O)C(F)(F)F. The zero-order chi connectivity index (χ0) is 28.6. The van der Waals surface area contributed by atoms with Gasteiger partial charge in [-0.2, -0.15) is 13.2 Å². The summed E-state index contributed by atoms with van der Waals surface area (Å²) in [6.07, 6.45) is 1.05. The standard InChI is InChI=1S/C24H28N4O4.C2HF3O2/c1-32-19-6-2-5-18(15-19)23(30)28-14-4-8-21(28)24(31)27-13-3-7-20(27)22(29)26-16-17-9-11-25-12-10-17;3-2(4,5)1(6)7/h2,5-6,9-12,15,20-21H,3-4,7-8,13-14,16H2,1H3,(H,26,29);(H,6,7)/t20-,21+;/m0./s1. The Hall–Kier alpha value is -4.16. The van der Waals surface area contributed by atoms with E-state index in [4.69, 9.17) is 14.6 Å². The van der Waals surface area contributed by atoms with E-state index in [2.05, 4.69) is 10.3 Å². The van der Waals surface area contributed by atoms with Gasteiger partial charge in [-0.25, -0.2) is 4.79 Å². The lowest BCUT2D eigenvalue weighted by Crippen LogP contribution is -2.52. The van der Waals surface area contributed by atoms with Gasteiger partial charge in [0.2, 0.25) is 11.8 Å². The van der Waals surface area contributed by atoms with Crippen molar-refractivity contribution in [1.82, 2.24) is 20.1 Å². The van der Waals surface area contributed by atoms with Crippen LogP contribution in [0.4, 0.5) is 13.2 Å². The average molecular weight is 551 g/mol. The molecule has 2 atom stereocenters. The minimum atomic E-state index is -5.08. The molecular weight excluding hydrogens is 521 g/mol. The topological polar surface area (TPSA) is 129 Å². The van der Waals surface area contributed by atoms with E-state index in [0.29, 0.717) is 43.8 Å². The smallest absolute Gasteiger partial charge is 0.490 e. The van der Waals surface area contributed by atoms with Crippen molar-refractivity contribution in [2.45, 2.75) is 50.5 Å². The van der Waals surface area contributed by atoms with E-state index in [1.165, 1.54) is 0 Å². The van der Waals surface area contributed by atoms with Crippen LogP contribution in [0.2, 0.25) is 0 Å². The molecule has 0 saturated carbocycles. The van der Waals surface area contributed by atoms with Gasteiger partial charge in [0.25, 0.3) is 5.91 Å². The molecule has 0 spiro atoms. The van der Waals surface area contributed by atoms with Crippen LogP contribution in [0, 0.1) is 0 Å². The Balaban J connectivity index is 0.000000532. The Morgan fingerprint density at radius 1 is 1.03 bits per heavy atom. The predicted octanol–water partition coefficient (Wildman–Crippen LogP) is 2.64. The Morgan fingerprint density at radius 3 is 2.26 bits per heavy atom. The van der Waals surface area contributed by atoms with Crippen LogP contribution < -0.4 is 10.1 Å². The number of ether oxygens (including phenoxy) is 1. The van der Waals surface area contributed by atoms with Crippen molar-refractivity contribution in [2.75, 3.05) is 20.2 Å². The molecule has 0 radical (unpaired) electrons. The molecule has 0 bridgehead atoms. The van der Waals surface area contributed by atoms with Crippen LogP contribution in [0.1, 0.15) is 41.6 Å². The van der Waals surface area contributed by atoms with Crippen LogP contribution in [0.25, 0.3) is 0 Å². The van der Waals surface area contributed by atoms with Crippen LogP contribution in [0.3, 0.4) is 0 Å². The van der Waals surface area contributed by atoms with Gasteiger partial charge in [-0.3, -0.25) is 19.4 Å². The van der Waals surface area contributed by atoms with E-state index in [1.807, 2.05) is 12.1 Å². The monoisotopic (exact) mass is 550 g/mol. The van der Waals surface area contributed by atoms with Crippen molar-refractivity contribution >= 4 is 23.7 Å². The van der Waals surface area contributed by atoms with Gasteiger partial charge in [-0.15, -0.1) is 0 Å². The van der Waals surface area contributed by atoms with Crippen LogP contribution >= 0.6 is 0 Å². The maximum Gasteiger partial charge on any atom is 0.490 e. The summed E-state index contributed by atoms with van der Waals surface area (Å²) >= 11 is 0. The number of amides is 3. The molecule has 4 rings (SSSR count). The number of rotatable bonds is 6. The number of benzene rings is 1. The van der Waals surface area contributed by atoms with Gasteiger partial charge >= 0.3 is 12.1 Å². The molecule has 39 heavy (non-hydrogen) atoms. The summed E-state index contributed by atoms with van der Waals surface area (Å²) in [6.45, 7) is 1.45. The highest BCUT2D eigenvalue weighted by atomic mass is 19.4. The zero-order valence-electron chi connectivity index (χ0n) is 21.2. The number of nitrogens with one attached hydrogen (secondary N) is 1. The van der Waals surface area contributed by atoms with Crippen molar-refractivity contribution in [2.24, 2.45) is 0 Å². The molecule has 3 amide bonds. The lowest BCUT2D eigenvalue weighted by atomic mass is 10.1. The number of hydrogen-bond acceptors (Lipinski definition) is 6. The third-order valence-electron chi connectivity index (χ3n) is 6.41. The van der Waals surface area contributed by atoms with Gasteiger partial charge in [0.05, 0.1) is 7.11 Å². The Kier molecular flexibility index (Phi) is 9.85. The van der Waals surface area contributed by atoms with Gasteiger partial charge in [-0.1, -0.05) is 6.07 Å². The molecule has 10 nitrogen and oxygen atoms in total. The number of aromatic nitrogens is 1. The van der Waals surface area contributed by atoms with Crippen LogP contribution in [0.5, 0.6) is 5.75 Å². The largest absolute Gasteiger partial charge is 0.497 e. The van der Waals surface area contributed by atoms with E-state index in [0.717, 1.165) is 18.4 Å². The first-order valence-corrected chi connectivity index (χ1v) is 12.2. The second-order valence-electron chi connectivity index (χ2n) is 8.95. The number of nitrogens with zero attached hydrogens (tertiary/aromatic N) is 3. The molecule has 0 unspecified atom stereocenters. The third-order valence-corrected chi connectivity index (χ3v) is 6.41. The van der Waals surface area contributed by atoms with Gasteiger partial charge < -0.3 is 25.0 Å². The number of aliphatic carboxylic acids is 1. The number of carboxylic acids is 1. The molecule has 0 aliphatic carbocycles. The highest BCUT2D eigenvalue weighted by Crippen LogP contribution is 2.27. The lowest BCUT2D eigenvalue weighted by molar-refractivity contribution is -0.192. The maximum absolute atomic E-state index is 13.4. The summed E-state index contributed by atoms with van der Waals surface area (Å²) in [5.74, 6) is -2.63. The first kappa shape index (κ1) is 29.4. The van der Waals surface area contributed by atoms with Gasteiger partial charge in [0.1, 0.15) is 17.8 Å². The number of carbonyl (C=O) groups excluding carboxylic acids is 3. The first-order valence-electron chi connectivity index (χ1n) is 12.2. The molecule has 2 saturated heterocycles. The zero-order valence-corrected chi connectivity index (χ0v) is 21.2. The van der Waals surface area contributed by atoms with Gasteiger partial charge in [0, 0.05) is 37.6 Å². The van der Waals surface area contributed by atoms with Crippen LogP contribution in [-0.2, 0) is 20.9 Å². The van der Waals surface area contributed by atoms with E-state index >= 15 is 0 Å². The van der Waals surface area contributed by atoms with Crippen molar-refractivity contribution in [1.29, 1.82) is 0 Å². The summed E-state index contributed by atoms with van der Waals surface area (Å²) in [5, 5.41) is 10.1. The minimum Gasteiger partial charge on any atom is -0.497 e. The van der Waals surface area contributed by atoms with Gasteiger partial charge in [0.15, 0.2) is 0 Å². The molecule has 1 aromatic carbocycles. The minimum absolute atomic E-state index is 0.139. The predicted molar refractivity (Wildman–Crippen MR) is 132 cm³/mol. The Bertz CT molecular complexity index is 1180. The third kappa shape index (κ3) is 7.68. The quantitative estimate of drug-likeness (QED) is 0.566.